The average Bonchev–Trinajstić information content (AvgIpc) is 2.63. The van der Waals surface area contributed by atoms with Crippen LogP contribution in [0.2, 0.25) is 0 Å². The van der Waals surface area contributed by atoms with Gasteiger partial charge in [-0.15, -0.1) is 0 Å². The van der Waals surface area contributed by atoms with Crippen molar-refractivity contribution < 1.29 is 5.11 Å². The van der Waals surface area contributed by atoms with Crippen molar-refractivity contribution in [2.24, 2.45) is 5.92 Å². The lowest BCUT2D eigenvalue weighted by atomic mass is 10.1. The first-order valence-corrected chi connectivity index (χ1v) is 6.29. The van der Waals surface area contributed by atoms with Gasteiger partial charge in [0.25, 0.3) is 0 Å². The normalized spacial score (nSPS) is 24.6. The Morgan fingerprint density at radius 1 is 1.56 bits per heavy atom. The van der Waals surface area contributed by atoms with Crippen LogP contribution in [0, 0.1) is 5.92 Å². The molecule has 1 aromatic rings. The van der Waals surface area contributed by atoms with Crippen LogP contribution in [0.25, 0.3) is 0 Å². The van der Waals surface area contributed by atoms with Crippen molar-refractivity contribution >= 4 is 27.4 Å². The zero-order valence-corrected chi connectivity index (χ0v) is 10.6. The molecule has 0 aliphatic heterocycles. The van der Waals surface area contributed by atoms with Crippen LogP contribution in [0.5, 0.6) is 0 Å². The zero-order chi connectivity index (χ0) is 11.5. The number of aliphatic hydroxyl groups is 1. The Hall–Kier alpha value is -0.810. The number of anilines is 2. The summed E-state index contributed by atoms with van der Waals surface area (Å²) in [5, 5.41) is 12.9. The van der Waals surface area contributed by atoms with E-state index >= 15 is 0 Å². The molecule has 2 rings (SSSR count). The summed E-state index contributed by atoms with van der Waals surface area (Å²) in [5.41, 5.74) is 6.45. The molecule has 0 saturated heterocycles. The van der Waals surface area contributed by atoms with Gasteiger partial charge in [0.1, 0.15) is 5.82 Å². The number of hydrogen-bond acceptors (Lipinski definition) is 4. The lowest BCUT2D eigenvalue weighted by Gasteiger charge is -2.16. The SMILES string of the molecule is Nc1cc(Br)cnc1NCC1CCCC1O. The second kappa shape index (κ2) is 5.01. The molecule has 1 heterocycles. The summed E-state index contributed by atoms with van der Waals surface area (Å²) in [5.74, 6) is 1.02. The first-order chi connectivity index (χ1) is 7.66. The molecule has 2 atom stereocenters. The highest BCUT2D eigenvalue weighted by atomic mass is 79.9. The number of aromatic nitrogens is 1. The Morgan fingerprint density at radius 3 is 3.00 bits per heavy atom. The van der Waals surface area contributed by atoms with Gasteiger partial charge in [-0.25, -0.2) is 4.98 Å². The summed E-state index contributed by atoms with van der Waals surface area (Å²) < 4.78 is 0.872. The number of hydrogen-bond donors (Lipinski definition) is 3. The van der Waals surface area contributed by atoms with Crippen molar-refractivity contribution in [2.45, 2.75) is 25.4 Å². The van der Waals surface area contributed by atoms with E-state index in [1.807, 2.05) is 6.07 Å². The van der Waals surface area contributed by atoms with Gasteiger partial charge in [0.05, 0.1) is 11.8 Å². The van der Waals surface area contributed by atoms with Crippen molar-refractivity contribution in [2.75, 3.05) is 17.6 Å². The van der Waals surface area contributed by atoms with Crippen LogP contribution in [0.4, 0.5) is 11.5 Å². The number of pyridine rings is 1. The van der Waals surface area contributed by atoms with E-state index in [-0.39, 0.29) is 6.10 Å². The number of nitrogen functional groups attached to an aromatic ring is 1. The molecule has 1 aliphatic rings. The van der Waals surface area contributed by atoms with Crippen LogP contribution in [0.15, 0.2) is 16.7 Å². The molecule has 0 radical (unpaired) electrons. The van der Waals surface area contributed by atoms with Crippen LogP contribution in [-0.4, -0.2) is 22.7 Å². The summed E-state index contributed by atoms with van der Waals surface area (Å²) in [6.07, 6.45) is 4.63. The number of halogens is 1. The molecular weight excluding hydrogens is 270 g/mol. The molecule has 0 bridgehead atoms. The second-order valence-corrected chi connectivity index (χ2v) is 5.15. The van der Waals surface area contributed by atoms with Crippen LogP contribution >= 0.6 is 15.9 Å². The maximum absolute atomic E-state index is 9.68. The maximum atomic E-state index is 9.68. The van der Waals surface area contributed by atoms with Gasteiger partial charge < -0.3 is 16.2 Å². The molecule has 5 heteroatoms. The first kappa shape index (κ1) is 11.7. The monoisotopic (exact) mass is 285 g/mol. The smallest absolute Gasteiger partial charge is 0.149 e. The first-order valence-electron chi connectivity index (χ1n) is 5.50. The van der Waals surface area contributed by atoms with E-state index in [1.54, 1.807) is 6.20 Å². The topological polar surface area (TPSA) is 71.2 Å². The fourth-order valence-electron chi connectivity index (χ4n) is 2.09. The van der Waals surface area contributed by atoms with Crippen LogP contribution < -0.4 is 11.1 Å². The Bertz CT molecular complexity index is 372. The van der Waals surface area contributed by atoms with Gasteiger partial charge in [0.2, 0.25) is 0 Å². The van der Waals surface area contributed by atoms with Crippen LogP contribution in [-0.2, 0) is 0 Å². The summed E-state index contributed by atoms with van der Waals surface area (Å²) in [6.45, 7) is 0.736. The van der Waals surface area contributed by atoms with Crippen molar-refractivity contribution in [1.82, 2.24) is 4.98 Å². The minimum Gasteiger partial charge on any atom is -0.396 e. The third-order valence-corrected chi connectivity index (χ3v) is 3.47. The summed E-state index contributed by atoms with van der Waals surface area (Å²) in [7, 11) is 0. The van der Waals surface area contributed by atoms with Crippen molar-refractivity contribution in [3.63, 3.8) is 0 Å². The third kappa shape index (κ3) is 2.65. The maximum Gasteiger partial charge on any atom is 0.149 e. The van der Waals surface area contributed by atoms with Crippen molar-refractivity contribution in [3.8, 4) is 0 Å². The Morgan fingerprint density at radius 2 is 2.38 bits per heavy atom. The average molecular weight is 286 g/mol. The molecule has 0 amide bonds. The standard InChI is InChI=1S/C11H16BrN3O/c12-8-4-9(13)11(15-6-8)14-5-7-2-1-3-10(7)16/h4,6-7,10,16H,1-3,5,13H2,(H,14,15). The van der Waals surface area contributed by atoms with E-state index in [2.05, 4.69) is 26.2 Å². The van der Waals surface area contributed by atoms with Gasteiger partial charge in [-0.2, -0.15) is 0 Å². The fourth-order valence-corrected chi connectivity index (χ4v) is 2.43. The predicted octanol–water partition coefficient (Wildman–Crippen LogP) is 2.00. The lowest BCUT2D eigenvalue weighted by molar-refractivity contribution is 0.138. The van der Waals surface area contributed by atoms with E-state index in [0.29, 0.717) is 17.4 Å². The van der Waals surface area contributed by atoms with E-state index in [1.165, 1.54) is 0 Å². The summed E-state index contributed by atoms with van der Waals surface area (Å²) in [4.78, 5) is 4.20. The van der Waals surface area contributed by atoms with E-state index < -0.39 is 0 Å². The highest BCUT2D eigenvalue weighted by Crippen LogP contribution is 2.26. The van der Waals surface area contributed by atoms with Gasteiger partial charge in [-0.05, 0) is 34.8 Å². The minimum absolute atomic E-state index is 0.177. The van der Waals surface area contributed by atoms with Gasteiger partial charge >= 0.3 is 0 Å². The predicted molar refractivity (Wildman–Crippen MR) is 68.2 cm³/mol. The molecule has 4 nitrogen and oxygen atoms in total. The Kier molecular flexibility index (Phi) is 3.66. The molecule has 1 fully saturated rings. The Labute approximate surface area is 103 Å². The largest absolute Gasteiger partial charge is 0.396 e. The number of nitrogens with zero attached hydrogens (tertiary/aromatic N) is 1. The minimum atomic E-state index is -0.177. The number of aliphatic hydroxyl groups excluding tert-OH is 1. The number of nitrogens with two attached hydrogens (primary N) is 1. The lowest BCUT2D eigenvalue weighted by Crippen LogP contribution is -2.22. The molecule has 16 heavy (non-hydrogen) atoms. The zero-order valence-electron chi connectivity index (χ0n) is 8.99. The van der Waals surface area contributed by atoms with Gasteiger partial charge in [0.15, 0.2) is 0 Å². The van der Waals surface area contributed by atoms with E-state index in [0.717, 1.165) is 30.3 Å². The van der Waals surface area contributed by atoms with E-state index in [4.69, 9.17) is 5.73 Å². The van der Waals surface area contributed by atoms with E-state index in [9.17, 15) is 5.11 Å². The Balaban J connectivity index is 1.94. The molecule has 0 aromatic carbocycles. The second-order valence-electron chi connectivity index (χ2n) is 4.23. The molecule has 88 valence electrons. The highest BCUT2D eigenvalue weighted by Gasteiger charge is 2.24. The third-order valence-electron chi connectivity index (χ3n) is 3.03. The fraction of sp³-hybridized carbons (Fsp3) is 0.545. The van der Waals surface area contributed by atoms with Crippen molar-refractivity contribution in [3.05, 3.63) is 16.7 Å². The van der Waals surface area contributed by atoms with Gasteiger partial charge in [0, 0.05) is 23.1 Å². The molecule has 0 spiro atoms. The summed E-state index contributed by atoms with van der Waals surface area (Å²) in [6, 6.07) is 1.82. The van der Waals surface area contributed by atoms with Crippen LogP contribution in [0.1, 0.15) is 19.3 Å². The molecule has 2 unspecified atom stereocenters. The molecule has 1 aromatic heterocycles. The molecule has 1 aliphatic carbocycles. The number of rotatable bonds is 3. The van der Waals surface area contributed by atoms with Crippen LogP contribution in [0.3, 0.4) is 0 Å². The molecule has 1 saturated carbocycles. The highest BCUT2D eigenvalue weighted by molar-refractivity contribution is 9.10. The quantitative estimate of drug-likeness (QED) is 0.794. The molecule has 4 N–H and O–H groups in total. The molecular formula is C11H16BrN3O. The summed E-state index contributed by atoms with van der Waals surface area (Å²) >= 11 is 3.31. The van der Waals surface area contributed by atoms with Gasteiger partial charge in [-0.3, -0.25) is 0 Å². The number of nitrogens with one attached hydrogen (secondary N) is 1. The van der Waals surface area contributed by atoms with Gasteiger partial charge in [-0.1, -0.05) is 6.42 Å². The van der Waals surface area contributed by atoms with Crippen molar-refractivity contribution in [1.29, 1.82) is 0 Å².